The fourth-order valence-corrected chi connectivity index (χ4v) is 2.49. The van der Waals surface area contributed by atoms with E-state index in [4.69, 9.17) is 0 Å². The molecule has 4 nitrogen and oxygen atoms in total. The molecule has 1 N–H and O–H groups in total. The fraction of sp³-hybridized carbons (Fsp3) is 0.529. The third-order valence-corrected chi connectivity index (χ3v) is 3.83. The molecule has 0 aliphatic rings. The Hall–Kier alpha value is -1.68. The topological polar surface area (TPSA) is 42.7 Å². The van der Waals surface area contributed by atoms with E-state index in [1.54, 1.807) is 0 Å². The summed E-state index contributed by atoms with van der Waals surface area (Å²) in [5.41, 5.74) is 4.65. The van der Waals surface area contributed by atoms with Crippen molar-refractivity contribution in [3.63, 3.8) is 0 Å². The van der Waals surface area contributed by atoms with Crippen LogP contribution in [-0.2, 0) is 5.41 Å². The molecule has 21 heavy (non-hydrogen) atoms. The largest absolute Gasteiger partial charge is 0.309 e. The minimum atomic E-state index is 0.167. The number of aromatic nitrogens is 3. The summed E-state index contributed by atoms with van der Waals surface area (Å²) >= 11 is 0. The number of benzene rings is 1. The predicted molar refractivity (Wildman–Crippen MR) is 86.9 cm³/mol. The molecular formula is C17H26N4. The van der Waals surface area contributed by atoms with Gasteiger partial charge in [0.1, 0.15) is 5.69 Å². The van der Waals surface area contributed by atoms with Gasteiger partial charge in [-0.15, -0.1) is 5.10 Å². The third-order valence-electron chi connectivity index (χ3n) is 3.83. The van der Waals surface area contributed by atoms with Crippen LogP contribution in [0.5, 0.6) is 0 Å². The second kappa shape index (κ2) is 5.98. The Kier molecular flexibility index (Phi) is 4.47. The Bertz CT molecular complexity index is 590. The summed E-state index contributed by atoms with van der Waals surface area (Å²) in [5, 5.41) is 12.0. The van der Waals surface area contributed by atoms with E-state index in [1.165, 1.54) is 5.56 Å². The Morgan fingerprint density at radius 2 is 1.81 bits per heavy atom. The molecule has 114 valence electrons. The molecule has 0 amide bonds. The van der Waals surface area contributed by atoms with Crippen molar-refractivity contribution in [1.29, 1.82) is 0 Å². The predicted octanol–water partition coefficient (Wildman–Crippen LogP) is 3.54. The first kappa shape index (κ1) is 15.7. The lowest BCUT2D eigenvalue weighted by molar-refractivity contribution is 0.579. The lowest BCUT2D eigenvalue weighted by Gasteiger charge is -2.19. The van der Waals surface area contributed by atoms with Gasteiger partial charge in [0, 0.05) is 0 Å². The van der Waals surface area contributed by atoms with Gasteiger partial charge < -0.3 is 5.32 Å². The van der Waals surface area contributed by atoms with Crippen molar-refractivity contribution in [3.8, 4) is 5.69 Å². The average Bonchev–Trinajstić information content (AvgIpc) is 2.80. The molecule has 0 aliphatic carbocycles. The summed E-state index contributed by atoms with van der Waals surface area (Å²) in [6, 6.07) is 8.79. The summed E-state index contributed by atoms with van der Waals surface area (Å²) in [6.07, 6.45) is 0. The molecular weight excluding hydrogens is 260 g/mol. The van der Waals surface area contributed by atoms with Gasteiger partial charge in [-0.3, -0.25) is 0 Å². The van der Waals surface area contributed by atoms with Crippen molar-refractivity contribution >= 4 is 0 Å². The normalized spacial score (nSPS) is 13.4. The first-order valence-corrected chi connectivity index (χ1v) is 7.61. The highest BCUT2D eigenvalue weighted by Crippen LogP contribution is 2.24. The molecule has 0 saturated carbocycles. The van der Waals surface area contributed by atoms with Gasteiger partial charge in [-0.05, 0) is 43.5 Å². The molecule has 1 unspecified atom stereocenters. The summed E-state index contributed by atoms with van der Waals surface area (Å²) in [6.45, 7) is 13.9. The zero-order valence-electron chi connectivity index (χ0n) is 13.9. The standard InChI is InChI=1S/C17H26N4/c1-7-18-12(2)16-13(3)21(20-19-16)15-10-8-14(9-11-15)17(4,5)6/h8-12,18H,7H2,1-6H3. The maximum absolute atomic E-state index is 4.33. The molecule has 0 saturated heterocycles. The van der Waals surface area contributed by atoms with Gasteiger partial charge in [-0.1, -0.05) is 45.0 Å². The molecule has 1 heterocycles. The number of hydrogen-bond donors (Lipinski definition) is 1. The SMILES string of the molecule is CCNC(C)c1nnn(-c2ccc(C(C)(C)C)cc2)c1C. The summed E-state index contributed by atoms with van der Waals surface area (Å²) in [5.74, 6) is 0. The second-order valence-electron chi connectivity index (χ2n) is 6.55. The third kappa shape index (κ3) is 3.32. The Balaban J connectivity index is 2.31. The molecule has 2 rings (SSSR count). The van der Waals surface area contributed by atoms with Crippen LogP contribution in [0.15, 0.2) is 24.3 Å². The highest BCUT2D eigenvalue weighted by molar-refractivity contribution is 5.38. The molecule has 1 aromatic heterocycles. The molecule has 4 heteroatoms. The maximum Gasteiger partial charge on any atom is 0.103 e. The number of nitrogens with zero attached hydrogens (tertiary/aromatic N) is 3. The van der Waals surface area contributed by atoms with Crippen molar-refractivity contribution in [2.75, 3.05) is 6.54 Å². The molecule has 0 radical (unpaired) electrons. The smallest absolute Gasteiger partial charge is 0.103 e. The van der Waals surface area contributed by atoms with Crippen LogP contribution in [0, 0.1) is 6.92 Å². The maximum atomic E-state index is 4.33. The lowest BCUT2D eigenvalue weighted by Crippen LogP contribution is -2.19. The van der Waals surface area contributed by atoms with Crippen molar-refractivity contribution in [2.45, 2.75) is 53.0 Å². The Labute approximate surface area is 127 Å². The Morgan fingerprint density at radius 1 is 1.19 bits per heavy atom. The molecule has 0 spiro atoms. The highest BCUT2D eigenvalue weighted by atomic mass is 15.4. The van der Waals surface area contributed by atoms with Crippen LogP contribution in [0.4, 0.5) is 0 Å². The van der Waals surface area contributed by atoms with Crippen LogP contribution in [0.25, 0.3) is 5.69 Å². The molecule has 0 bridgehead atoms. The van der Waals surface area contributed by atoms with Gasteiger partial charge in [0.2, 0.25) is 0 Å². The molecule has 1 aromatic carbocycles. The minimum Gasteiger partial charge on any atom is -0.309 e. The summed E-state index contributed by atoms with van der Waals surface area (Å²) < 4.78 is 1.91. The molecule has 0 fully saturated rings. The van der Waals surface area contributed by atoms with E-state index >= 15 is 0 Å². The van der Waals surface area contributed by atoms with Crippen LogP contribution in [0.2, 0.25) is 0 Å². The molecule has 1 atom stereocenters. The van der Waals surface area contributed by atoms with E-state index in [-0.39, 0.29) is 11.5 Å². The van der Waals surface area contributed by atoms with Gasteiger partial charge in [-0.2, -0.15) is 0 Å². The second-order valence-corrected chi connectivity index (χ2v) is 6.55. The highest BCUT2D eigenvalue weighted by Gasteiger charge is 2.17. The van der Waals surface area contributed by atoms with Gasteiger partial charge in [0.05, 0.1) is 17.4 Å². The number of nitrogens with one attached hydrogen (secondary N) is 1. The van der Waals surface area contributed by atoms with Gasteiger partial charge in [0.25, 0.3) is 0 Å². The van der Waals surface area contributed by atoms with Crippen LogP contribution < -0.4 is 5.32 Å². The van der Waals surface area contributed by atoms with Crippen molar-refractivity contribution in [2.24, 2.45) is 0 Å². The molecule has 2 aromatic rings. The van der Waals surface area contributed by atoms with E-state index in [0.717, 1.165) is 23.6 Å². The van der Waals surface area contributed by atoms with Gasteiger partial charge >= 0.3 is 0 Å². The molecule has 0 aliphatic heterocycles. The van der Waals surface area contributed by atoms with E-state index in [2.05, 4.69) is 81.4 Å². The zero-order valence-corrected chi connectivity index (χ0v) is 13.9. The van der Waals surface area contributed by atoms with Crippen molar-refractivity contribution < 1.29 is 0 Å². The lowest BCUT2D eigenvalue weighted by atomic mass is 9.87. The van der Waals surface area contributed by atoms with Crippen molar-refractivity contribution in [3.05, 3.63) is 41.2 Å². The first-order valence-electron chi connectivity index (χ1n) is 7.61. The van der Waals surface area contributed by atoms with E-state index in [1.807, 2.05) is 4.68 Å². The summed E-state index contributed by atoms with van der Waals surface area (Å²) in [4.78, 5) is 0. The summed E-state index contributed by atoms with van der Waals surface area (Å²) in [7, 11) is 0. The van der Waals surface area contributed by atoms with E-state index in [0.29, 0.717) is 0 Å². The van der Waals surface area contributed by atoms with Crippen LogP contribution in [0.3, 0.4) is 0 Å². The monoisotopic (exact) mass is 286 g/mol. The van der Waals surface area contributed by atoms with Gasteiger partial charge in [-0.25, -0.2) is 4.68 Å². The van der Waals surface area contributed by atoms with Crippen LogP contribution >= 0.6 is 0 Å². The Morgan fingerprint density at radius 3 is 2.33 bits per heavy atom. The van der Waals surface area contributed by atoms with E-state index in [9.17, 15) is 0 Å². The number of hydrogen-bond acceptors (Lipinski definition) is 3. The van der Waals surface area contributed by atoms with E-state index < -0.39 is 0 Å². The van der Waals surface area contributed by atoms with Gasteiger partial charge in [0.15, 0.2) is 0 Å². The zero-order chi connectivity index (χ0) is 15.6. The average molecular weight is 286 g/mol. The van der Waals surface area contributed by atoms with Crippen LogP contribution in [-0.4, -0.2) is 21.5 Å². The number of rotatable bonds is 4. The van der Waals surface area contributed by atoms with Crippen LogP contribution in [0.1, 0.15) is 57.6 Å². The first-order chi connectivity index (χ1) is 9.84. The van der Waals surface area contributed by atoms with Crippen molar-refractivity contribution in [1.82, 2.24) is 20.3 Å². The quantitative estimate of drug-likeness (QED) is 0.934. The minimum absolute atomic E-state index is 0.167. The fourth-order valence-electron chi connectivity index (χ4n) is 2.49.